The number of anilines is 1. The Hall–Kier alpha value is -2.96. The number of hydrogen-bond donors (Lipinski definition) is 2. The SMILES string of the molecule is O=C1NC(Nc2ccccc2F)S/C1=C\c1ccccc1OCc1cccc(Cl)c1. The number of nitrogens with one attached hydrogen (secondary N) is 2. The average Bonchev–Trinajstić information content (AvgIpc) is 3.08. The maximum Gasteiger partial charge on any atom is 0.260 e. The highest BCUT2D eigenvalue weighted by atomic mass is 35.5. The van der Waals surface area contributed by atoms with Gasteiger partial charge in [-0.25, -0.2) is 4.39 Å². The van der Waals surface area contributed by atoms with Crippen molar-refractivity contribution in [2.75, 3.05) is 5.32 Å². The van der Waals surface area contributed by atoms with Crippen LogP contribution in [-0.2, 0) is 11.4 Å². The summed E-state index contributed by atoms with van der Waals surface area (Å²) in [6, 6.07) is 21.3. The monoisotopic (exact) mass is 440 g/mol. The third-order valence-corrected chi connectivity index (χ3v) is 5.64. The number of para-hydroxylation sites is 2. The van der Waals surface area contributed by atoms with E-state index in [0.29, 0.717) is 28.0 Å². The molecule has 1 saturated heterocycles. The van der Waals surface area contributed by atoms with Crippen molar-refractivity contribution in [3.8, 4) is 5.75 Å². The standard InChI is InChI=1S/C23H18ClFN2O2S/c24-17-8-5-6-15(12-17)14-29-20-11-4-1-7-16(20)13-21-22(28)27-23(30-21)26-19-10-3-2-9-18(19)25/h1-13,23,26H,14H2,(H,27,28)/b21-13-. The van der Waals surface area contributed by atoms with E-state index in [9.17, 15) is 9.18 Å². The lowest BCUT2D eigenvalue weighted by molar-refractivity contribution is -0.116. The number of carbonyl (C=O) groups excluding carboxylic acids is 1. The molecular weight excluding hydrogens is 423 g/mol. The van der Waals surface area contributed by atoms with Gasteiger partial charge in [-0.2, -0.15) is 0 Å². The molecule has 1 fully saturated rings. The molecule has 4 nitrogen and oxygen atoms in total. The minimum atomic E-state index is -0.458. The van der Waals surface area contributed by atoms with Crippen molar-refractivity contribution < 1.29 is 13.9 Å². The smallest absolute Gasteiger partial charge is 0.260 e. The van der Waals surface area contributed by atoms with Gasteiger partial charge in [-0.3, -0.25) is 4.79 Å². The van der Waals surface area contributed by atoms with Gasteiger partial charge in [-0.15, -0.1) is 0 Å². The van der Waals surface area contributed by atoms with E-state index in [1.807, 2.05) is 48.5 Å². The molecule has 30 heavy (non-hydrogen) atoms. The molecule has 0 bridgehead atoms. The van der Waals surface area contributed by atoms with Crippen LogP contribution in [0.4, 0.5) is 10.1 Å². The van der Waals surface area contributed by atoms with E-state index in [-0.39, 0.29) is 11.7 Å². The summed E-state index contributed by atoms with van der Waals surface area (Å²) in [5, 5.41) is 6.45. The quantitative estimate of drug-likeness (QED) is 0.486. The molecule has 0 aliphatic carbocycles. The zero-order valence-electron chi connectivity index (χ0n) is 15.8. The summed E-state index contributed by atoms with van der Waals surface area (Å²) in [6.45, 7) is 0.359. The lowest BCUT2D eigenvalue weighted by atomic mass is 10.2. The first kappa shape index (κ1) is 20.3. The van der Waals surface area contributed by atoms with Gasteiger partial charge in [-0.1, -0.05) is 65.8 Å². The third kappa shape index (κ3) is 4.96. The molecule has 7 heteroatoms. The predicted molar refractivity (Wildman–Crippen MR) is 120 cm³/mol. The average molecular weight is 441 g/mol. The van der Waals surface area contributed by atoms with Crippen LogP contribution in [0.5, 0.6) is 5.75 Å². The van der Waals surface area contributed by atoms with Crippen LogP contribution in [0.15, 0.2) is 77.7 Å². The maximum absolute atomic E-state index is 13.9. The summed E-state index contributed by atoms with van der Waals surface area (Å²) >= 11 is 7.32. The number of halogens is 2. The van der Waals surface area contributed by atoms with Gasteiger partial charge >= 0.3 is 0 Å². The van der Waals surface area contributed by atoms with Crippen molar-refractivity contribution in [3.05, 3.63) is 99.7 Å². The van der Waals surface area contributed by atoms with Crippen LogP contribution >= 0.6 is 23.4 Å². The summed E-state index contributed by atoms with van der Waals surface area (Å²) in [4.78, 5) is 12.9. The second-order valence-corrected chi connectivity index (χ2v) is 8.14. The summed E-state index contributed by atoms with van der Waals surface area (Å²) in [5.41, 5.74) is 1.61. The number of thioether (sulfide) groups is 1. The Bertz CT molecular complexity index is 1110. The summed E-state index contributed by atoms with van der Waals surface area (Å²) in [7, 11) is 0. The number of rotatable bonds is 6. The third-order valence-electron chi connectivity index (χ3n) is 4.38. The molecule has 2 N–H and O–H groups in total. The minimum absolute atomic E-state index is 0.224. The maximum atomic E-state index is 13.9. The highest BCUT2D eigenvalue weighted by molar-refractivity contribution is 8.05. The van der Waals surface area contributed by atoms with Crippen molar-refractivity contribution in [2.45, 2.75) is 12.1 Å². The fourth-order valence-corrected chi connectivity index (χ4v) is 4.12. The molecule has 0 radical (unpaired) electrons. The first-order valence-corrected chi connectivity index (χ1v) is 10.5. The molecular formula is C23H18ClFN2O2S. The van der Waals surface area contributed by atoms with E-state index < -0.39 is 5.50 Å². The fourth-order valence-electron chi connectivity index (χ4n) is 2.95. The zero-order valence-corrected chi connectivity index (χ0v) is 17.3. The Kier molecular flexibility index (Phi) is 6.26. The summed E-state index contributed by atoms with van der Waals surface area (Å²) in [6.07, 6.45) is 1.77. The van der Waals surface area contributed by atoms with Crippen LogP contribution in [-0.4, -0.2) is 11.4 Å². The molecule has 0 spiro atoms. The Morgan fingerprint density at radius 2 is 1.90 bits per heavy atom. The normalized spacial score (nSPS) is 17.1. The van der Waals surface area contributed by atoms with E-state index >= 15 is 0 Å². The second-order valence-electron chi connectivity index (χ2n) is 6.56. The summed E-state index contributed by atoms with van der Waals surface area (Å²) in [5.74, 6) is 0.0620. The lowest BCUT2D eigenvalue weighted by Gasteiger charge is -2.13. The molecule has 1 amide bonds. The van der Waals surface area contributed by atoms with Gasteiger partial charge in [0.05, 0.1) is 10.6 Å². The zero-order chi connectivity index (χ0) is 20.9. The van der Waals surface area contributed by atoms with Crippen LogP contribution < -0.4 is 15.4 Å². The van der Waals surface area contributed by atoms with E-state index in [1.54, 1.807) is 24.3 Å². The van der Waals surface area contributed by atoms with E-state index in [2.05, 4.69) is 10.6 Å². The highest BCUT2D eigenvalue weighted by Crippen LogP contribution is 2.33. The van der Waals surface area contributed by atoms with E-state index in [1.165, 1.54) is 17.8 Å². The fraction of sp³-hybridized carbons (Fsp3) is 0.0870. The largest absolute Gasteiger partial charge is 0.488 e. The van der Waals surface area contributed by atoms with Crippen molar-refractivity contribution >= 4 is 41.0 Å². The van der Waals surface area contributed by atoms with Crippen molar-refractivity contribution in [1.29, 1.82) is 0 Å². The molecule has 4 rings (SSSR count). The molecule has 152 valence electrons. The molecule has 1 aliphatic rings. The number of ether oxygens (including phenoxy) is 1. The van der Waals surface area contributed by atoms with E-state index in [4.69, 9.17) is 16.3 Å². The van der Waals surface area contributed by atoms with Gasteiger partial charge in [0.25, 0.3) is 5.91 Å². The lowest BCUT2D eigenvalue weighted by Crippen LogP contribution is -2.31. The van der Waals surface area contributed by atoms with Crippen molar-refractivity contribution in [2.24, 2.45) is 0 Å². The van der Waals surface area contributed by atoms with Gasteiger partial charge in [0.1, 0.15) is 18.2 Å². The second kappa shape index (κ2) is 9.24. The van der Waals surface area contributed by atoms with Gasteiger partial charge in [-0.05, 0) is 42.0 Å². The topological polar surface area (TPSA) is 50.4 Å². The Morgan fingerprint density at radius 3 is 2.73 bits per heavy atom. The molecule has 0 aromatic heterocycles. The molecule has 3 aromatic rings. The van der Waals surface area contributed by atoms with E-state index in [0.717, 1.165) is 11.1 Å². The Balaban J connectivity index is 1.48. The van der Waals surface area contributed by atoms with Gasteiger partial charge in [0, 0.05) is 10.6 Å². The molecule has 1 unspecified atom stereocenters. The van der Waals surface area contributed by atoms with Crippen LogP contribution in [0.2, 0.25) is 5.02 Å². The number of benzene rings is 3. The highest BCUT2D eigenvalue weighted by Gasteiger charge is 2.28. The van der Waals surface area contributed by atoms with Gasteiger partial charge in [0.2, 0.25) is 0 Å². The van der Waals surface area contributed by atoms with Crippen LogP contribution in [0.25, 0.3) is 6.08 Å². The van der Waals surface area contributed by atoms with Crippen molar-refractivity contribution in [1.82, 2.24) is 5.32 Å². The molecule has 1 heterocycles. The minimum Gasteiger partial charge on any atom is -0.488 e. The Morgan fingerprint density at radius 1 is 1.10 bits per heavy atom. The Labute approximate surface area is 183 Å². The van der Waals surface area contributed by atoms with Crippen LogP contribution in [0, 0.1) is 5.82 Å². The molecule has 1 atom stereocenters. The predicted octanol–water partition coefficient (Wildman–Crippen LogP) is 5.66. The summed E-state index contributed by atoms with van der Waals surface area (Å²) < 4.78 is 19.8. The van der Waals surface area contributed by atoms with Crippen molar-refractivity contribution in [3.63, 3.8) is 0 Å². The first-order chi connectivity index (χ1) is 14.6. The van der Waals surface area contributed by atoms with Gasteiger partial charge in [0.15, 0.2) is 5.50 Å². The number of amides is 1. The molecule has 3 aromatic carbocycles. The van der Waals surface area contributed by atoms with Crippen LogP contribution in [0.3, 0.4) is 0 Å². The first-order valence-electron chi connectivity index (χ1n) is 9.25. The number of carbonyl (C=O) groups is 1. The molecule has 1 aliphatic heterocycles. The number of hydrogen-bond acceptors (Lipinski definition) is 4. The molecule has 0 saturated carbocycles. The van der Waals surface area contributed by atoms with Crippen LogP contribution in [0.1, 0.15) is 11.1 Å². The van der Waals surface area contributed by atoms with Gasteiger partial charge < -0.3 is 15.4 Å².